The fraction of sp³-hybridized carbons (Fsp3) is 0.786. The fourth-order valence-corrected chi connectivity index (χ4v) is 3.14. The number of amides is 1. The van der Waals surface area contributed by atoms with Gasteiger partial charge in [0, 0.05) is 25.7 Å². The van der Waals surface area contributed by atoms with Gasteiger partial charge < -0.3 is 10.2 Å². The number of nitrogens with one attached hydrogen (secondary N) is 1. The maximum Gasteiger partial charge on any atom is 0.276 e. The minimum Gasteiger partial charge on any atom is -0.334 e. The van der Waals surface area contributed by atoms with Gasteiger partial charge in [0.25, 0.3) is 5.91 Å². The molecule has 0 aliphatic carbocycles. The van der Waals surface area contributed by atoms with Crippen LogP contribution in [0.1, 0.15) is 43.7 Å². The molecule has 3 atom stereocenters. The van der Waals surface area contributed by atoms with Crippen LogP contribution in [0.15, 0.2) is 6.20 Å². The molecule has 3 unspecified atom stereocenters. The fourth-order valence-electron chi connectivity index (χ4n) is 3.14. The Hall–Kier alpha value is -1.43. The Kier molecular flexibility index (Phi) is 3.50. The summed E-state index contributed by atoms with van der Waals surface area (Å²) in [4.78, 5) is 14.6. The summed E-state index contributed by atoms with van der Waals surface area (Å²) < 4.78 is 1.81. The largest absolute Gasteiger partial charge is 0.334 e. The monoisotopic (exact) mass is 277 g/mol. The van der Waals surface area contributed by atoms with Gasteiger partial charge in [-0.25, -0.2) is 4.68 Å². The minimum atomic E-state index is 0.0226. The van der Waals surface area contributed by atoms with E-state index < -0.39 is 0 Å². The zero-order valence-electron chi connectivity index (χ0n) is 12.4. The Morgan fingerprint density at radius 3 is 2.75 bits per heavy atom. The molecular weight excluding hydrogens is 254 g/mol. The van der Waals surface area contributed by atoms with Crippen LogP contribution in [0.4, 0.5) is 0 Å². The second-order valence-electron chi connectivity index (χ2n) is 6.41. The van der Waals surface area contributed by atoms with Crippen LogP contribution in [0.25, 0.3) is 0 Å². The van der Waals surface area contributed by atoms with Crippen LogP contribution in [0.5, 0.6) is 0 Å². The predicted molar refractivity (Wildman–Crippen MR) is 75.4 cm³/mol. The number of carbonyl (C=O) groups is 1. The number of piperidine rings is 1. The first kappa shape index (κ1) is 13.5. The highest BCUT2D eigenvalue weighted by Gasteiger charge is 2.33. The van der Waals surface area contributed by atoms with E-state index in [0.717, 1.165) is 19.6 Å². The summed E-state index contributed by atoms with van der Waals surface area (Å²) in [5, 5.41) is 11.4. The second-order valence-corrected chi connectivity index (χ2v) is 6.41. The third kappa shape index (κ3) is 2.32. The minimum absolute atomic E-state index is 0.0226. The van der Waals surface area contributed by atoms with Crippen LogP contribution in [-0.2, 0) is 0 Å². The summed E-state index contributed by atoms with van der Waals surface area (Å²) in [5.74, 6) is 1.11. The molecule has 6 heteroatoms. The third-order valence-electron chi connectivity index (χ3n) is 4.72. The van der Waals surface area contributed by atoms with Crippen molar-refractivity contribution in [1.82, 2.24) is 25.2 Å². The van der Waals surface area contributed by atoms with E-state index in [1.165, 1.54) is 6.42 Å². The number of nitrogens with zero attached hydrogens (tertiary/aromatic N) is 4. The van der Waals surface area contributed by atoms with Gasteiger partial charge in [-0.3, -0.25) is 4.79 Å². The molecule has 0 spiro atoms. The zero-order valence-corrected chi connectivity index (χ0v) is 12.4. The highest BCUT2D eigenvalue weighted by atomic mass is 16.2. The number of aromatic nitrogens is 3. The molecule has 3 heterocycles. The van der Waals surface area contributed by atoms with E-state index in [9.17, 15) is 4.79 Å². The molecule has 1 aromatic rings. The molecular formula is C14H23N5O. The average Bonchev–Trinajstić information content (AvgIpc) is 2.80. The van der Waals surface area contributed by atoms with Crippen molar-refractivity contribution in [3.8, 4) is 0 Å². The molecule has 20 heavy (non-hydrogen) atoms. The van der Waals surface area contributed by atoms with Crippen molar-refractivity contribution in [3.05, 3.63) is 11.9 Å². The molecule has 6 nitrogen and oxygen atoms in total. The van der Waals surface area contributed by atoms with Crippen LogP contribution >= 0.6 is 0 Å². The quantitative estimate of drug-likeness (QED) is 0.873. The van der Waals surface area contributed by atoms with E-state index in [4.69, 9.17) is 0 Å². The lowest BCUT2D eigenvalue weighted by atomic mass is 9.86. The molecule has 2 aliphatic rings. The van der Waals surface area contributed by atoms with Gasteiger partial charge in [-0.05, 0) is 25.2 Å². The topological polar surface area (TPSA) is 63.1 Å². The van der Waals surface area contributed by atoms with Crippen LogP contribution in [0.2, 0.25) is 0 Å². The number of hydrogen-bond acceptors (Lipinski definition) is 4. The normalized spacial score (nSPS) is 31.1. The number of likely N-dealkylation sites (tertiary alicyclic amines) is 1. The van der Waals surface area contributed by atoms with Crippen molar-refractivity contribution in [1.29, 1.82) is 0 Å². The van der Waals surface area contributed by atoms with Gasteiger partial charge in [-0.2, -0.15) is 0 Å². The van der Waals surface area contributed by atoms with Gasteiger partial charge in [0.05, 0.1) is 12.2 Å². The molecule has 2 aliphatic heterocycles. The SMILES string of the molecule is CC1CC(C)C(C)N(C(=O)c2cn(C3CNC3)nn2)C1. The lowest BCUT2D eigenvalue weighted by Crippen LogP contribution is -2.49. The molecule has 0 bridgehead atoms. The molecule has 1 amide bonds. The molecule has 0 radical (unpaired) electrons. The summed E-state index contributed by atoms with van der Waals surface area (Å²) >= 11 is 0. The summed E-state index contributed by atoms with van der Waals surface area (Å²) in [5.41, 5.74) is 0.477. The molecule has 1 aromatic heterocycles. The molecule has 1 N–H and O–H groups in total. The first-order chi connectivity index (χ1) is 9.56. The van der Waals surface area contributed by atoms with Crippen molar-refractivity contribution in [3.63, 3.8) is 0 Å². The van der Waals surface area contributed by atoms with Crippen molar-refractivity contribution >= 4 is 5.91 Å². The Morgan fingerprint density at radius 1 is 1.35 bits per heavy atom. The smallest absolute Gasteiger partial charge is 0.276 e. The van der Waals surface area contributed by atoms with Gasteiger partial charge in [-0.15, -0.1) is 5.10 Å². The maximum absolute atomic E-state index is 12.6. The number of hydrogen-bond donors (Lipinski definition) is 1. The van der Waals surface area contributed by atoms with Crippen LogP contribution < -0.4 is 5.32 Å². The van der Waals surface area contributed by atoms with Gasteiger partial charge in [0.15, 0.2) is 5.69 Å². The number of carbonyl (C=O) groups excluding carboxylic acids is 1. The Balaban J connectivity index is 1.75. The first-order valence-electron chi connectivity index (χ1n) is 7.49. The highest BCUT2D eigenvalue weighted by molar-refractivity contribution is 5.92. The van der Waals surface area contributed by atoms with Gasteiger partial charge in [0.1, 0.15) is 0 Å². The molecule has 110 valence electrons. The standard InChI is InChI=1S/C14H23N5O/c1-9-4-10(2)11(3)18(7-9)14(20)13-8-19(17-16-13)12-5-15-6-12/h8-12,15H,4-7H2,1-3H3. The Morgan fingerprint density at radius 2 is 2.10 bits per heavy atom. The molecule has 2 saturated heterocycles. The summed E-state index contributed by atoms with van der Waals surface area (Å²) in [7, 11) is 0. The molecule has 2 fully saturated rings. The molecule has 0 saturated carbocycles. The highest BCUT2D eigenvalue weighted by Crippen LogP contribution is 2.27. The zero-order chi connectivity index (χ0) is 14.3. The Bertz CT molecular complexity index is 496. The van der Waals surface area contributed by atoms with Crippen LogP contribution in [0.3, 0.4) is 0 Å². The molecule has 3 rings (SSSR count). The first-order valence-corrected chi connectivity index (χ1v) is 7.49. The second kappa shape index (κ2) is 5.16. The van der Waals surface area contributed by atoms with Gasteiger partial charge in [0.2, 0.25) is 0 Å². The van der Waals surface area contributed by atoms with E-state index in [1.54, 1.807) is 6.20 Å². The Labute approximate surface area is 119 Å². The lowest BCUT2D eigenvalue weighted by Gasteiger charge is -2.40. The number of rotatable bonds is 2. The third-order valence-corrected chi connectivity index (χ3v) is 4.72. The predicted octanol–water partition coefficient (Wildman–Crippen LogP) is 0.929. The van der Waals surface area contributed by atoms with Crippen LogP contribution in [0, 0.1) is 11.8 Å². The van der Waals surface area contributed by atoms with E-state index in [0.29, 0.717) is 23.6 Å². The van der Waals surface area contributed by atoms with Crippen molar-refractivity contribution < 1.29 is 4.79 Å². The van der Waals surface area contributed by atoms with E-state index >= 15 is 0 Å². The molecule has 0 aromatic carbocycles. The summed E-state index contributed by atoms with van der Waals surface area (Å²) in [6.45, 7) is 9.20. The summed E-state index contributed by atoms with van der Waals surface area (Å²) in [6, 6.07) is 0.620. The van der Waals surface area contributed by atoms with E-state index in [-0.39, 0.29) is 11.9 Å². The van der Waals surface area contributed by atoms with Gasteiger partial charge in [-0.1, -0.05) is 19.1 Å². The maximum atomic E-state index is 12.6. The van der Waals surface area contributed by atoms with Crippen LogP contribution in [-0.4, -0.2) is 51.5 Å². The average molecular weight is 277 g/mol. The van der Waals surface area contributed by atoms with E-state index in [2.05, 4.69) is 36.4 Å². The summed E-state index contributed by atoms with van der Waals surface area (Å²) in [6.07, 6.45) is 2.98. The van der Waals surface area contributed by atoms with Crippen molar-refractivity contribution in [2.75, 3.05) is 19.6 Å². The van der Waals surface area contributed by atoms with Gasteiger partial charge >= 0.3 is 0 Å². The van der Waals surface area contributed by atoms with E-state index in [1.807, 2.05) is 9.58 Å². The van der Waals surface area contributed by atoms with Crippen molar-refractivity contribution in [2.45, 2.75) is 39.3 Å². The lowest BCUT2D eigenvalue weighted by molar-refractivity contribution is 0.0450. The van der Waals surface area contributed by atoms with Crippen molar-refractivity contribution in [2.24, 2.45) is 11.8 Å².